The van der Waals surface area contributed by atoms with Crippen molar-refractivity contribution in [1.82, 2.24) is 4.98 Å². The van der Waals surface area contributed by atoms with Crippen molar-refractivity contribution in [2.45, 2.75) is 26.7 Å². The zero-order valence-corrected chi connectivity index (χ0v) is 11.4. The van der Waals surface area contributed by atoms with Crippen molar-refractivity contribution in [3.8, 4) is 0 Å². The number of pyridine rings is 1. The van der Waals surface area contributed by atoms with Crippen LogP contribution < -0.4 is 0 Å². The number of nitrogens with zero attached hydrogens (tertiary/aromatic N) is 1. The van der Waals surface area contributed by atoms with Crippen molar-refractivity contribution < 1.29 is 14.7 Å². The molecule has 20 heavy (non-hydrogen) atoms. The number of benzene rings is 1. The van der Waals surface area contributed by atoms with Gasteiger partial charge in [-0.05, 0) is 17.9 Å². The Morgan fingerprint density at radius 2 is 1.95 bits per heavy atom. The number of fused-ring (bicyclic) bond motifs is 2. The van der Waals surface area contributed by atoms with Gasteiger partial charge in [-0.15, -0.1) is 0 Å². The van der Waals surface area contributed by atoms with E-state index in [0.29, 0.717) is 35.0 Å². The van der Waals surface area contributed by atoms with E-state index in [1.807, 2.05) is 19.9 Å². The third-order valence-corrected chi connectivity index (χ3v) is 3.75. The summed E-state index contributed by atoms with van der Waals surface area (Å²) in [6, 6.07) is 7.08. The van der Waals surface area contributed by atoms with Crippen LogP contribution in [0.15, 0.2) is 24.3 Å². The molecule has 4 nitrogen and oxygen atoms in total. The number of carboxylic acid groups (broad SMARTS) is 1. The SMILES string of the molecule is CC1(C)CC(=O)c2c(nc3ccccc3c2C(=O)O)C1. The summed E-state index contributed by atoms with van der Waals surface area (Å²) in [6.07, 6.45) is 0.986. The molecule has 1 N–H and O–H groups in total. The molecule has 0 bridgehead atoms. The van der Waals surface area contributed by atoms with Crippen molar-refractivity contribution in [3.63, 3.8) is 0 Å². The average molecular weight is 269 g/mol. The minimum absolute atomic E-state index is 0.103. The zero-order chi connectivity index (χ0) is 14.5. The first-order valence-corrected chi connectivity index (χ1v) is 6.57. The summed E-state index contributed by atoms with van der Waals surface area (Å²) < 4.78 is 0. The first kappa shape index (κ1) is 12.8. The topological polar surface area (TPSA) is 67.3 Å². The molecule has 1 aliphatic carbocycles. The van der Waals surface area contributed by atoms with Gasteiger partial charge in [0.1, 0.15) is 0 Å². The molecule has 0 unspecified atom stereocenters. The third-order valence-electron chi connectivity index (χ3n) is 3.75. The van der Waals surface area contributed by atoms with E-state index in [1.165, 1.54) is 0 Å². The number of aromatic carboxylic acids is 1. The van der Waals surface area contributed by atoms with Crippen LogP contribution in [0.5, 0.6) is 0 Å². The summed E-state index contributed by atoms with van der Waals surface area (Å²) in [4.78, 5) is 28.5. The molecule has 0 spiro atoms. The molecule has 0 fully saturated rings. The predicted molar refractivity (Wildman–Crippen MR) is 75.1 cm³/mol. The lowest BCUT2D eigenvalue weighted by Crippen LogP contribution is -2.30. The van der Waals surface area contributed by atoms with E-state index < -0.39 is 5.97 Å². The number of ketones is 1. The molecule has 1 aromatic carbocycles. The largest absolute Gasteiger partial charge is 0.478 e. The van der Waals surface area contributed by atoms with E-state index in [1.54, 1.807) is 18.2 Å². The normalized spacial score (nSPS) is 17.0. The monoisotopic (exact) mass is 269 g/mol. The van der Waals surface area contributed by atoms with Crippen LogP contribution in [0.25, 0.3) is 10.9 Å². The summed E-state index contributed by atoms with van der Waals surface area (Å²) in [5.74, 6) is -1.18. The predicted octanol–water partition coefficient (Wildman–Crippen LogP) is 3.09. The van der Waals surface area contributed by atoms with Crippen LogP contribution in [0.2, 0.25) is 0 Å². The maximum atomic E-state index is 12.4. The molecule has 0 atom stereocenters. The molecule has 0 amide bonds. The van der Waals surface area contributed by atoms with Crippen LogP contribution in [0.4, 0.5) is 0 Å². The molecule has 4 heteroatoms. The van der Waals surface area contributed by atoms with Crippen LogP contribution in [-0.4, -0.2) is 21.8 Å². The number of hydrogen-bond acceptors (Lipinski definition) is 3. The number of carboxylic acids is 1. The molecular formula is C16H15NO3. The maximum absolute atomic E-state index is 12.4. The molecule has 0 saturated heterocycles. The van der Waals surface area contributed by atoms with Gasteiger partial charge < -0.3 is 5.11 Å². The second kappa shape index (κ2) is 4.13. The second-order valence-electron chi connectivity index (χ2n) is 6.07. The number of para-hydroxylation sites is 1. The summed E-state index contributed by atoms with van der Waals surface area (Å²) in [5, 5.41) is 10.0. The molecule has 1 aromatic heterocycles. The highest BCUT2D eigenvalue weighted by molar-refractivity contribution is 6.14. The molecule has 102 valence electrons. The molecule has 0 radical (unpaired) electrons. The van der Waals surface area contributed by atoms with Gasteiger partial charge >= 0.3 is 5.97 Å². The van der Waals surface area contributed by atoms with Crippen molar-refractivity contribution in [2.24, 2.45) is 5.41 Å². The Labute approximate surface area is 116 Å². The highest BCUT2D eigenvalue weighted by Gasteiger charge is 2.35. The van der Waals surface area contributed by atoms with Crippen LogP contribution in [0.3, 0.4) is 0 Å². The average Bonchev–Trinajstić information content (AvgIpc) is 2.34. The lowest BCUT2D eigenvalue weighted by Gasteiger charge is -2.30. The number of carbonyl (C=O) groups is 2. The lowest BCUT2D eigenvalue weighted by atomic mass is 9.74. The Hall–Kier alpha value is -2.23. The van der Waals surface area contributed by atoms with Crippen LogP contribution in [0.1, 0.15) is 46.7 Å². The molecule has 0 aliphatic heterocycles. The van der Waals surface area contributed by atoms with Gasteiger partial charge in [-0.1, -0.05) is 32.0 Å². The van der Waals surface area contributed by atoms with E-state index in [-0.39, 0.29) is 16.8 Å². The fourth-order valence-corrected chi connectivity index (χ4v) is 2.95. The van der Waals surface area contributed by atoms with E-state index >= 15 is 0 Å². The molecule has 3 rings (SSSR count). The fraction of sp³-hybridized carbons (Fsp3) is 0.312. The van der Waals surface area contributed by atoms with Crippen LogP contribution in [0, 0.1) is 5.41 Å². The number of rotatable bonds is 1. The summed E-state index contributed by atoms with van der Waals surface area (Å²) in [6.45, 7) is 4.01. The molecular weight excluding hydrogens is 254 g/mol. The van der Waals surface area contributed by atoms with Crippen molar-refractivity contribution in [3.05, 3.63) is 41.1 Å². The Kier molecular flexibility index (Phi) is 2.64. The molecule has 0 saturated carbocycles. The van der Waals surface area contributed by atoms with Gasteiger partial charge in [-0.2, -0.15) is 0 Å². The van der Waals surface area contributed by atoms with Gasteiger partial charge in [0.2, 0.25) is 0 Å². The lowest BCUT2D eigenvalue weighted by molar-refractivity contribution is 0.0690. The number of Topliss-reactive ketones (excluding diaryl/α,β-unsaturated/α-hetero) is 1. The van der Waals surface area contributed by atoms with Gasteiger partial charge in [-0.25, -0.2) is 4.79 Å². The van der Waals surface area contributed by atoms with Crippen molar-refractivity contribution in [1.29, 1.82) is 0 Å². The standard InChI is InChI=1S/C16H15NO3/c1-16(2)7-11-14(12(18)8-16)13(15(19)20)9-5-3-4-6-10(9)17-11/h3-6H,7-8H2,1-2H3,(H,19,20). The second-order valence-corrected chi connectivity index (χ2v) is 6.07. The Morgan fingerprint density at radius 3 is 2.65 bits per heavy atom. The smallest absolute Gasteiger partial charge is 0.337 e. The highest BCUT2D eigenvalue weighted by Crippen LogP contribution is 2.37. The van der Waals surface area contributed by atoms with Crippen LogP contribution >= 0.6 is 0 Å². The summed E-state index contributed by atoms with van der Waals surface area (Å²) >= 11 is 0. The van der Waals surface area contributed by atoms with Crippen molar-refractivity contribution >= 4 is 22.7 Å². The number of aromatic nitrogens is 1. The van der Waals surface area contributed by atoms with E-state index in [0.717, 1.165) is 0 Å². The van der Waals surface area contributed by atoms with Gasteiger partial charge in [0, 0.05) is 11.8 Å². The quantitative estimate of drug-likeness (QED) is 0.863. The first-order valence-electron chi connectivity index (χ1n) is 6.57. The first-order chi connectivity index (χ1) is 9.39. The Balaban J connectivity index is 2.41. The van der Waals surface area contributed by atoms with Gasteiger partial charge in [0.25, 0.3) is 0 Å². The molecule has 2 aromatic rings. The van der Waals surface area contributed by atoms with E-state index in [2.05, 4.69) is 4.98 Å². The third kappa shape index (κ3) is 1.88. The summed E-state index contributed by atoms with van der Waals surface area (Å²) in [5.41, 5.74) is 1.48. The summed E-state index contributed by atoms with van der Waals surface area (Å²) in [7, 11) is 0. The van der Waals surface area contributed by atoms with Crippen molar-refractivity contribution in [2.75, 3.05) is 0 Å². The maximum Gasteiger partial charge on any atom is 0.337 e. The van der Waals surface area contributed by atoms with E-state index in [9.17, 15) is 14.7 Å². The zero-order valence-electron chi connectivity index (χ0n) is 11.4. The molecule has 1 heterocycles. The fourth-order valence-electron chi connectivity index (χ4n) is 2.95. The Bertz CT molecular complexity index is 747. The van der Waals surface area contributed by atoms with Gasteiger partial charge in [-0.3, -0.25) is 9.78 Å². The van der Waals surface area contributed by atoms with E-state index in [4.69, 9.17) is 0 Å². The highest BCUT2D eigenvalue weighted by atomic mass is 16.4. The van der Waals surface area contributed by atoms with Gasteiger partial charge in [0.15, 0.2) is 5.78 Å². The number of carbonyl (C=O) groups excluding carboxylic acids is 1. The minimum Gasteiger partial charge on any atom is -0.478 e. The molecule has 1 aliphatic rings. The van der Waals surface area contributed by atoms with Gasteiger partial charge in [0.05, 0.1) is 22.3 Å². The minimum atomic E-state index is -1.06. The Morgan fingerprint density at radius 1 is 1.25 bits per heavy atom. The van der Waals surface area contributed by atoms with Crippen LogP contribution in [-0.2, 0) is 6.42 Å². The number of hydrogen-bond donors (Lipinski definition) is 1.